The maximum Gasteiger partial charge on any atom is 0.267 e. The second-order valence-corrected chi connectivity index (χ2v) is 6.85. The second-order valence-electron chi connectivity index (χ2n) is 6.45. The average Bonchev–Trinajstić information content (AvgIpc) is 2.69. The highest BCUT2D eigenvalue weighted by molar-refractivity contribution is 6.31. The fraction of sp³-hybridized carbons (Fsp3) is 0.316. The Morgan fingerprint density at radius 2 is 2.19 bits per heavy atom. The van der Waals surface area contributed by atoms with Crippen LogP contribution in [-0.2, 0) is 11.3 Å². The lowest BCUT2D eigenvalue weighted by Gasteiger charge is -2.33. The van der Waals surface area contributed by atoms with Gasteiger partial charge < -0.3 is 5.32 Å². The van der Waals surface area contributed by atoms with Crippen molar-refractivity contribution in [2.45, 2.75) is 25.4 Å². The molecule has 1 amide bonds. The highest BCUT2D eigenvalue weighted by Gasteiger charge is 2.20. The summed E-state index contributed by atoms with van der Waals surface area (Å²) in [4.78, 5) is 22.0. The minimum atomic E-state index is -0.611. The fourth-order valence-corrected chi connectivity index (χ4v) is 3.29. The van der Waals surface area contributed by atoms with Crippen molar-refractivity contribution in [1.29, 1.82) is 0 Å². The molecule has 0 bridgehead atoms. The van der Waals surface area contributed by atoms with Crippen LogP contribution >= 0.6 is 11.6 Å². The number of nitrogens with zero attached hydrogens (tertiary/aromatic N) is 3. The van der Waals surface area contributed by atoms with Gasteiger partial charge in [0.1, 0.15) is 5.82 Å². The lowest BCUT2D eigenvalue weighted by Crippen LogP contribution is -2.41. The van der Waals surface area contributed by atoms with E-state index in [0.717, 1.165) is 43.1 Å². The number of hydroxylamine groups is 1. The highest BCUT2D eigenvalue weighted by Crippen LogP contribution is 2.21. The van der Waals surface area contributed by atoms with Gasteiger partial charge >= 0.3 is 0 Å². The van der Waals surface area contributed by atoms with Crippen molar-refractivity contribution in [3.63, 3.8) is 0 Å². The quantitative estimate of drug-likeness (QED) is 0.401. The molecule has 3 N–H and O–H groups in total. The zero-order chi connectivity index (χ0) is 19.1. The predicted octanol–water partition coefficient (Wildman–Crippen LogP) is 2.73. The van der Waals surface area contributed by atoms with Crippen LogP contribution in [0.3, 0.4) is 0 Å². The first-order chi connectivity index (χ1) is 13.1. The maximum absolute atomic E-state index is 11.0. The molecule has 3 rings (SSSR count). The molecular formula is C19H22ClN5O2. The summed E-state index contributed by atoms with van der Waals surface area (Å²) < 4.78 is 0. The minimum Gasteiger partial charge on any atom is -0.365 e. The molecule has 0 saturated carbocycles. The number of amides is 1. The molecule has 2 aromatic rings. The molecule has 1 aromatic carbocycles. The van der Waals surface area contributed by atoms with Gasteiger partial charge in [0.2, 0.25) is 0 Å². The number of aromatic nitrogens is 2. The van der Waals surface area contributed by atoms with E-state index in [4.69, 9.17) is 16.8 Å². The Morgan fingerprint density at radius 3 is 2.93 bits per heavy atom. The Balaban J connectivity index is 1.55. The van der Waals surface area contributed by atoms with E-state index >= 15 is 0 Å². The van der Waals surface area contributed by atoms with Crippen LogP contribution in [0.1, 0.15) is 24.1 Å². The summed E-state index contributed by atoms with van der Waals surface area (Å²) in [6.07, 6.45) is 8.06. The van der Waals surface area contributed by atoms with Gasteiger partial charge in [-0.15, -0.1) is 0 Å². The van der Waals surface area contributed by atoms with E-state index in [1.807, 2.05) is 18.2 Å². The van der Waals surface area contributed by atoms with Crippen molar-refractivity contribution in [3.8, 4) is 0 Å². The third kappa shape index (κ3) is 5.75. The third-order valence-corrected chi connectivity index (χ3v) is 4.77. The fourth-order valence-electron chi connectivity index (χ4n) is 3.09. The normalized spacial score (nSPS) is 17.8. The summed E-state index contributed by atoms with van der Waals surface area (Å²) >= 11 is 6.27. The number of nitrogens with one attached hydrogen (secondary N) is 2. The van der Waals surface area contributed by atoms with Crippen molar-refractivity contribution < 1.29 is 10.0 Å². The molecule has 0 spiro atoms. The summed E-state index contributed by atoms with van der Waals surface area (Å²) in [5.74, 6) is 0.0863. The van der Waals surface area contributed by atoms with Gasteiger partial charge in [0.15, 0.2) is 0 Å². The number of carbonyl (C=O) groups excluding carboxylic acids is 1. The van der Waals surface area contributed by atoms with Crippen LogP contribution in [0.2, 0.25) is 5.02 Å². The lowest BCUT2D eigenvalue weighted by molar-refractivity contribution is -0.124. The number of benzene rings is 1. The Kier molecular flexibility index (Phi) is 6.75. The topological polar surface area (TPSA) is 90.4 Å². The van der Waals surface area contributed by atoms with Crippen LogP contribution < -0.4 is 10.8 Å². The molecule has 0 aliphatic carbocycles. The molecule has 27 heavy (non-hydrogen) atoms. The molecule has 0 unspecified atom stereocenters. The van der Waals surface area contributed by atoms with Crippen LogP contribution in [-0.4, -0.2) is 45.1 Å². The lowest BCUT2D eigenvalue weighted by atomic mass is 10.0. The number of likely N-dealkylation sites (tertiary alicyclic amines) is 1. The van der Waals surface area contributed by atoms with E-state index < -0.39 is 5.91 Å². The highest BCUT2D eigenvalue weighted by atomic mass is 35.5. The van der Waals surface area contributed by atoms with Crippen LogP contribution in [0.15, 0.2) is 42.7 Å². The number of carbonyl (C=O) groups is 1. The van der Waals surface area contributed by atoms with Crippen LogP contribution in [0.25, 0.3) is 6.08 Å². The van der Waals surface area contributed by atoms with Crippen LogP contribution in [0.5, 0.6) is 0 Å². The predicted molar refractivity (Wildman–Crippen MR) is 104 cm³/mol. The third-order valence-electron chi connectivity index (χ3n) is 4.40. The van der Waals surface area contributed by atoms with E-state index in [9.17, 15) is 4.79 Å². The number of hydrogen-bond acceptors (Lipinski definition) is 6. The molecule has 1 atom stereocenters. The Morgan fingerprint density at radius 1 is 1.33 bits per heavy atom. The SMILES string of the molecule is O=C(/C=C/c1cnc(N[C@@H]2CCCN(Cc3ccccc3Cl)C2)cn1)NO. The van der Waals surface area contributed by atoms with Gasteiger partial charge in [-0.25, -0.2) is 10.5 Å². The maximum atomic E-state index is 11.0. The molecule has 0 radical (unpaired) electrons. The molecule has 2 heterocycles. The standard InChI is InChI=1S/C19H22ClN5O2/c20-17-6-2-1-4-14(17)12-25-9-3-5-16(13-25)23-18-11-21-15(10-22-18)7-8-19(26)24-27/h1-2,4,6-8,10-11,16,27H,3,5,9,12-13H2,(H,22,23)(H,24,26)/b8-7+/t16-/m1/s1. The van der Waals surface area contributed by atoms with E-state index in [0.29, 0.717) is 11.5 Å². The number of piperidine rings is 1. The first-order valence-corrected chi connectivity index (χ1v) is 9.18. The minimum absolute atomic E-state index is 0.289. The second kappa shape index (κ2) is 9.45. The number of rotatable bonds is 6. The number of hydrogen-bond donors (Lipinski definition) is 3. The first-order valence-electron chi connectivity index (χ1n) is 8.80. The summed E-state index contributed by atoms with van der Waals surface area (Å²) in [6.45, 7) is 2.79. The van der Waals surface area contributed by atoms with Gasteiger partial charge in [-0.1, -0.05) is 29.8 Å². The van der Waals surface area contributed by atoms with Gasteiger partial charge in [0.05, 0.1) is 18.1 Å². The summed E-state index contributed by atoms with van der Waals surface area (Å²) in [7, 11) is 0. The molecule has 1 saturated heterocycles. The smallest absolute Gasteiger partial charge is 0.267 e. The van der Waals surface area contributed by atoms with Gasteiger partial charge in [-0.3, -0.25) is 19.9 Å². The number of halogens is 1. The van der Waals surface area contributed by atoms with Crippen molar-refractivity contribution in [1.82, 2.24) is 20.3 Å². The summed E-state index contributed by atoms with van der Waals surface area (Å²) in [5, 5.41) is 12.7. The van der Waals surface area contributed by atoms with Gasteiger partial charge in [0.25, 0.3) is 5.91 Å². The summed E-state index contributed by atoms with van der Waals surface area (Å²) in [6, 6.07) is 8.23. The van der Waals surface area contributed by atoms with E-state index in [1.165, 1.54) is 17.6 Å². The molecule has 1 fully saturated rings. The summed E-state index contributed by atoms with van der Waals surface area (Å²) in [5.41, 5.74) is 3.20. The average molecular weight is 388 g/mol. The molecular weight excluding hydrogens is 366 g/mol. The van der Waals surface area contributed by atoms with Crippen LogP contribution in [0, 0.1) is 0 Å². The molecule has 1 aliphatic heterocycles. The van der Waals surface area contributed by atoms with Crippen molar-refractivity contribution in [3.05, 3.63) is 59.0 Å². The molecule has 1 aliphatic rings. The molecule has 1 aromatic heterocycles. The van der Waals surface area contributed by atoms with Gasteiger partial charge in [0, 0.05) is 30.2 Å². The van der Waals surface area contributed by atoms with E-state index in [-0.39, 0.29) is 6.04 Å². The Labute approximate surface area is 163 Å². The Bertz CT molecular complexity index is 797. The molecule has 142 valence electrons. The molecule has 8 heteroatoms. The van der Waals surface area contributed by atoms with Crippen molar-refractivity contribution in [2.24, 2.45) is 0 Å². The van der Waals surface area contributed by atoms with E-state index in [2.05, 4.69) is 26.3 Å². The Hall–Kier alpha value is -2.48. The van der Waals surface area contributed by atoms with Gasteiger partial charge in [-0.05, 0) is 37.1 Å². The van der Waals surface area contributed by atoms with Gasteiger partial charge in [-0.2, -0.15) is 0 Å². The first kappa shape index (κ1) is 19.3. The van der Waals surface area contributed by atoms with Crippen LogP contribution in [0.4, 0.5) is 5.82 Å². The zero-order valence-electron chi connectivity index (χ0n) is 14.8. The van der Waals surface area contributed by atoms with Crippen molar-refractivity contribution >= 4 is 29.4 Å². The largest absolute Gasteiger partial charge is 0.365 e. The monoisotopic (exact) mass is 387 g/mol. The molecule has 7 nitrogen and oxygen atoms in total. The van der Waals surface area contributed by atoms with Crippen molar-refractivity contribution in [2.75, 3.05) is 18.4 Å². The zero-order valence-corrected chi connectivity index (χ0v) is 15.6. The van der Waals surface area contributed by atoms with E-state index in [1.54, 1.807) is 12.4 Å². The number of anilines is 1.